The molecule has 1 heterocycles. The summed E-state index contributed by atoms with van der Waals surface area (Å²) in [6, 6.07) is 12.9. The van der Waals surface area contributed by atoms with Crippen LogP contribution in [0.5, 0.6) is 0 Å². The van der Waals surface area contributed by atoms with Crippen LogP contribution in [0.3, 0.4) is 0 Å². The minimum atomic E-state index is -0.899. The van der Waals surface area contributed by atoms with Gasteiger partial charge in [0.05, 0.1) is 18.2 Å². The summed E-state index contributed by atoms with van der Waals surface area (Å²) in [4.78, 5) is 29.7. The first kappa shape index (κ1) is 28.4. The number of benzene rings is 1. The van der Waals surface area contributed by atoms with Gasteiger partial charge in [0.25, 0.3) is 0 Å². The maximum atomic E-state index is 12.5. The number of carbonyl (C=O) groups excluding carboxylic acids is 1. The smallest absolute Gasteiger partial charge is 0.322 e. The second kappa shape index (κ2) is 15.2. The van der Waals surface area contributed by atoms with Crippen LogP contribution in [-0.2, 0) is 9.53 Å². The molecule has 0 aliphatic rings. The summed E-state index contributed by atoms with van der Waals surface area (Å²) >= 11 is 0. The monoisotopic (exact) mass is 477 g/mol. The normalized spacial score (nSPS) is 11.4. The molecule has 1 aromatic heterocycles. The van der Waals surface area contributed by atoms with Crippen LogP contribution in [0.2, 0.25) is 0 Å². The molecule has 0 spiro atoms. The summed E-state index contributed by atoms with van der Waals surface area (Å²) in [5.41, 5.74) is 2.43. The highest BCUT2D eigenvalue weighted by Crippen LogP contribution is 2.26. The van der Waals surface area contributed by atoms with Crippen molar-refractivity contribution in [2.24, 2.45) is 0 Å². The molecular weight excluding hydrogens is 442 g/mol. The molecule has 2 N–H and O–H groups in total. The molecule has 1 atom stereocenters. The van der Waals surface area contributed by atoms with E-state index in [-0.39, 0.29) is 24.9 Å². The van der Waals surface area contributed by atoms with E-state index in [4.69, 9.17) is 9.84 Å². The molecule has 182 valence electrons. The lowest BCUT2D eigenvalue weighted by Crippen LogP contribution is -2.38. The fraction of sp³-hybridized carbons (Fsp3) is 0.480. The number of urea groups is 1. The second-order valence-electron chi connectivity index (χ2n) is 7.75. The number of nitrogens with zero attached hydrogens (tertiary/aromatic N) is 2. The van der Waals surface area contributed by atoms with E-state index in [0.29, 0.717) is 19.0 Å². The quantitative estimate of drug-likeness (QED) is 0.353. The highest BCUT2D eigenvalue weighted by molar-refractivity contribution is 5.90. The van der Waals surface area contributed by atoms with Crippen LogP contribution < -0.4 is 10.2 Å². The van der Waals surface area contributed by atoms with Crippen molar-refractivity contribution < 1.29 is 19.4 Å². The molecule has 0 saturated carbocycles. The lowest BCUT2D eigenvalue weighted by molar-refractivity contribution is -0.140. The van der Waals surface area contributed by atoms with Gasteiger partial charge in [-0.2, -0.15) is 0 Å². The zero-order valence-corrected chi connectivity index (χ0v) is 20.6. The Morgan fingerprint density at radius 1 is 1.06 bits per heavy atom. The van der Waals surface area contributed by atoms with Crippen LogP contribution in [0.25, 0.3) is 11.3 Å². The number of carboxylic acids is 1. The van der Waals surface area contributed by atoms with Crippen LogP contribution in [0, 0.1) is 0 Å². The Morgan fingerprint density at radius 2 is 1.76 bits per heavy atom. The van der Waals surface area contributed by atoms with Crippen molar-refractivity contribution in [3.8, 4) is 11.3 Å². The lowest BCUT2D eigenvalue weighted by Gasteiger charge is -2.18. The molecule has 0 aliphatic heterocycles. The number of ether oxygens (including phenoxy) is 1. The molecule has 0 radical (unpaired) electrons. The van der Waals surface area contributed by atoms with Crippen molar-refractivity contribution in [2.75, 3.05) is 25.1 Å². The van der Waals surface area contributed by atoms with Crippen LogP contribution in [0.15, 0.2) is 42.5 Å². The predicted octanol–water partition coefficient (Wildman–Crippen LogP) is 5.84. The van der Waals surface area contributed by atoms with Crippen LogP contribution >= 0.6 is 12.4 Å². The van der Waals surface area contributed by atoms with E-state index in [1.54, 1.807) is 13.1 Å². The minimum absolute atomic E-state index is 0. The first-order chi connectivity index (χ1) is 15.5. The molecule has 0 saturated heterocycles. The molecule has 8 heteroatoms. The number of halogens is 1. The molecule has 7 nitrogen and oxygen atoms in total. The number of unbranched alkanes of at least 4 members (excludes halogenated alkanes) is 4. The number of pyridine rings is 1. The van der Waals surface area contributed by atoms with Gasteiger partial charge in [-0.1, -0.05) is 62.9 Å². The number of aromatic nitrogens is 1. The number of nitrogens with one attached hydrogen (secondary N) is 1. The first-order valence-electron chi connectivity index (χ1n) is 11.4. The van der Waals surface area contributed by atoms with E-state index in [2.05, 4.69) is 17.2 Å². The number of anilines is 1. The van der Waals surface area contributed by atoms with Gasteiger partial charge in [0.15, 0.2) is 0 Å². The van der Waals surface area contributed by atoms with Gasteiger partial charge in [0, 0.05) is 25.8 Å². The van der Waals surface area contributed by atoms with E-state index in [9.17, 15) is 9.59 Å². The fourth-order valence-corrected chi connectivity index (χ4v) is 3.42. The van der Waals surface area contributed by atoms with Gasteiger partial charge in [0.1, 0.15) is 5.82 Å². The average Bonchev–Trinajstić information content (AvgIpc) is 2.80. The Balaban J connectivity index is 0.00000544. The molecule has 2 rings (SSSR count). The zero-order valence-electron chi connectivity index (χ0n) is 19.8. The maximum absolute atomic E-state index is 12.5. The largest absolute Gasteiger partial charge is 0.481 e. The van der Waals surface area contributed by atoms with Gasteiger partial charge >= 0.3 is 12.0 Å². The topological polar surface area (TPSA) is 91.8 Å². The standard InChI is InChI=1S/C25H35N3O4.ClH/c1-4-6-7-8-9-17-26-25(31)28(3)23-12-10-11-21(27-23)19-13-15-20(16-14-19)22(32-5-2)18-24(29)30;/h10-16,22H,4-9,17-18H2,1-3H3,(H,26,31)(H,29,30);1H/t22-;/m0./s1. The van der Waals surface area contributed by atoms with Crippen molar-refractivity contribution in [1.29, 1.82) is 0 Å². The third kappa shape index (κ3) is 9.40. The summed E-state index contributed by atoms with van der Waals surface area (Å²) in [5.74, 6) is -0.336. The molecule has 0 aliphatic carbocycles. The van der Waals surface area contributed by atoms with Crippen LogP contribution in [0.1, 0.15) is 64.0 Å². The van der Waals surface area contributed by atoms with E-state index in [1.165, 1.54) is 24.2 Å². The third-order valence-electron chi connectivity index (χ3n) is 5.25. The highest BCUT2D eigenvalue weighted by Gasteiger charge is 2.16. The van der Waals surface area contributed by atoms with E-state index >= 15 is 0 Å². The molecule has 0 unspecified atom stereocenters. The van der Waals surface area contributed by atoms with Gasteiger partial charge in [-0.25, -0.2) is 9.78 Å². The third-order valence-corrected chi connectivity index (χ3v) is 5.25. The van der Waals surface area contributed by atoms with Crippen molar-refractivity contribution in [3.05, 3.63) is 48.0 Å². The SMILES string of the molecule is CCCCCCCNC(=O)N(C)c1cccc(-c2ccc([C@H](CC(=O)O)OCC)cc2)n1.Cl. The Labute approximate surface area is 203 Å². The van der Waals surface area contributed by atoms with Crippen molar-refractivity contribution in [2.45, 2.75) is 58.5 Å². The van der Waals surface area contributed by atoms with E-state index in [1.807, 2.05) is 43.3 Å². The average molecular weight is 478 g/mol. The van der Waals surface area contributed by atoms with Crippen molar-refractivity contribution >= 4 is 30.2 Å². The Morgan fingerprint density at radius 3 is 2.39 bits per heavy atom. The summed E-state index contributed by atoms with van der Waals surface area (Å²) in [5, 5.41) is 12.1. The molecule has 0 bridgehead atoms. The molecule has 2 amide bonds. The van der Waals surface area contributed by atoms with E-state index in [0.717, 1.165) is 29.7 Å². The Kier molecular flexibility index (Phi) is 13.1. The lowest BCUT2D eigenvalue weighted by atomic mass is 10.0. The summed E-state index contributed by atoms with van der Waals surface area (Å²) in [6.07, 6.45) is 5.17. The Hall–Kier alpha value is -2.64. The molecule has 1 aromatic carbocycles. The van der Waals surface area contributed by atoms with Crippen molar-refractivity contribution in [3.63, 3.8) is 0 Å². The molecular formula is C25H36ClN3O4. The van der Waals surface area contributed by atoms with Crippen LogP contribution in [0.4, 0.5) is 10.6 Å². The number of carboxylic acid groups (broad SMARTS) is 1. The number of carbonyl (C=O) groups is 2. The Bertz CT molecular complexity index is 861. The molecule has 0 fully saturated rings. The highest BCUT2D eigenvalue weighted by atomic mass is 35.5. The first-order valence-corrected chi connectivity index (χ1v) is 11.4. The number of hydrogen-bond acceptors (Lipinski definition) is 4. The van der Waals surface area contributed by atoms with Gasteiger partial charge in [-0.05, 0) is 31.0 Å². The minimum Gasteiger partial charge on any atom is -0.481 e. The number of amides is 2. The van der Waals surface area contributed by atoms with Gasteiger partial charge in [-0.3, -0.25) is 9.69 Å². The number of hydrogen-bond donors (Lipinski definition) is 2. The van der Waals surface area contributed by atoms with Gasteiger partial charge < -0.3 is 15.2 Å². The number of aliphatic carboxylic acids is 1. The number of rotatable bonds is 13. The molecule has 33 heavy (non-hydrogen) atoms. The zero-order chi connectivity index (χ0) is 23.3. The summed E-state index contributed by atoms with van der Waals surface area (Å²) in [7, 11) is 1.71. The summed E-state index contributed by atoms with van der Waals surface area (Å²) in [6.45, 7) is 5.13. The maximum Gasteiger partial charge on any atom is 0.322 e. The fourth-order valence-electron chi connectivity index (χ4n) is 3.42. The van der Waals surface area contributed by atoms with Gasteiger partial charge in [0.2, 0.25) is 0 Å². The predicted molar refractivity (Wildman–Crippen MR) is 134 cm³/mol. The second-order valence-corrected chi connectivity index (χ2v) is 7.75. The van der Waals surface area contributed by atoms with Crippen molar-refractivity contribution in [1.82, 2.24) is 10.3 Å². The molecule has 2 aromatic rings. The van der Waals surface area contributed by atoms with E-state index < -0.39 is 12.1 Å². The van der Waals surface area contributed by atoms with Crippen LogP contribution in [-0.4, -0.2) is 42.3 Å². The summed E-state index contributed by atoms with van der Waals surface area (Å²) < 4.78 is 5.57. The van der Waals surface area contributed by atoms with Gasteiger partial charge in [-0.15, -0.1) is 12.4 Å².